The smallest absolute Gasteiger partial charge is 0.240 e. The van der Waals surface area contributed by atoms with Gasteiger partial charge in [0.25, 0.3) is 0 Å². The van der Waals surface area contributed by atoms with Crippen LogP contribution in [0, 0.1) is 0 Å². The van der Waals surface area contributed by atoms with Gasteiger partial charge in [-0.05, 0) is 54.8 Å². The van der Waals surface area contributed by atoms with E-state index in [-0.39, 0.29) is 5.91 Å². The third-order valence-electron chi connectivity index (χ3n) is 4.99. The summed E-state index contributed by atoms with van der Waals surface area (Å²) in [7, 11) is 0. The molecule has 32 heavy (non-hydrogen) atoms. The number of nitrogens with zero attached hydrogens (tertiary/aromatic N) is 1. The van der Waals surface area contributed by atoms with Gasteiger partial charge in [-0.15, -0.1) is 0 Å². The number of unbranched alkanes of at least 4 members (excludes halogenated alkanes) is 6. The number of carbonyl (C=O) groups excluding carboxylic acids is 1. The van der Waals surface area contributed by atoms with E-state index >= 15 is 0 Å². The summed E-state index contributed by atoms with van der Waals surface area (Å²) in [5.74, 6) is 1.24. The molecule has 0 aliphatic carbocycles. The lowest BCUT2D eigenvalue weighted by Crippen LogP contribution is -2.16. The highest BCUT2D eigenvalue weighted by atomic mass is 35.5. The van der Waals surface area contributed by atoms with E-state index in [4.69, 9.17) is 21.1 Å². The first-order chi connectivity index (χ1) is 15.6. The molecule has 1 amide bonds. The van der Waals surface area contributed by atoms with E-state index in [1.807, 2.05) is 49.4 Å². The maximum Gasteiger partial charge on any atom is 0.240 e. The molecule has 6 heteroatoms. The molecule has 2 aromatic carbocycles. The summed E-state index contributed by atoms with van der Waals surface area (Å²) >= 11 is 5.93. The van der Waals surface area contributed by atoms with Crippen molar-refractivity contribution < 1.29 is 14.3 Å². The van der Waals surface area contributed by atoms with Gasteiger partial charge in [0.2, 0.25) is 5.91 Å². The van der Waals surface area contributed by atoms with E-state index in [0.29, 0.717) is 36.2 Å². The van der Waals surface area contributed by atoms with Crippen LogP contribution in [0.3, 0.4) is 0 Å². The number of benzene rings is 2. The second kappa shape index (κ2) is 15.3. The van der Waals surface area contributed by atoms with Crippen molar-refractivity contribution in [2.24, 2.45) is 5.10 Å². The van der Waals surface area contributed by atoms with Gasteiger partial charge in [0, 0.05) is 11.4 Å². The SMILES string of the molecule is CCCCCCCCCC(=O)N/N=C/c1ccc(OCc2ccc(Cl)cc2)c(OCC)c1. The lowest BCUT2D eigenvalue weighted by Gasteiger charge is -2.12. The van der Waals surface area contributed by atoms with E-state index < -0.39 is 0 Å². The van der Waals surface area contributed by atoms with E-state index in [1.165, 1.54) is 32.1 Å². The van der Waals surface area contributed by atoms with E-state index in [1.54, 1.807) is 6.21 Å². The van der Waals surface area contributed by atoms with Gasteiger partial charge in [0.05, 0.1) is 12.8 Å². The van der Waals surface area contributed by atoms with Crippen LogP contribution < -0.4 is 14.9 Å². The molecule has 5 nitrogen and oxygen atoms in total. The Morgan fingerprint density at radius 1 is 0.938 bits per heavy atom. The maximum absolute atomic E-state index is 12.0. The van der Waals surface area contributed by atoms with Crippen LogP contribution in [0.15, 0.2) is 47.6 Å². The first kappa shape index (κ1) is 25.7. The zero-order valence-corrected chi connectivity index (χ0v) is 20.0. The average molecular weight is 459 g/mol. The minimum absolute atomic E-state index is 0.0530. The summed E-state index contributed by atoms with van der Waals surface area (Å²) in [6.45, 7) is 5.08. The molecule has 1 N–H and O–H groups in total. The van der Waals surface area contributed by atoms with Gasteiger partial charge in [0.1, 0.15) is 6.61 Å². The van der Waals surface area contributed by atoms with Crippen LogP contribution in [0.25, 0.3) is 0 Å². The normalized spacial score (nSPS) is 11.0. The Bertz CT molecular complexity index is 837. The molecule has 0 bridgehead atoms. The van der Waals surface area contributed by atoms with Gasteiger partial charge in [-0.1, -0.05) is 69.2 Å². The number of ether oxygens (including phenoxy) is 2. The summed E-state index contributed by atoms with van der Waals surface area (Å²) < 4.78 is 11.6. The highest BCUT2D eigenvalue weighted by molar-refractivity contribution is 6.30. The highest BCUT2D eigenvalue weighted by Crippen LogP contribution is 2.29. The second-order valence-electron chi connectivity index (χ2n) is 7.72. The van der Waals surface area contributed by atoms with Crippen molar-refractivity contribution in [3.63, 3.8) is 0 Å². The Kier molecular flexibility index (Phi) is 12.3. The molecule has 0 saturated heterocycles. The molecule has 0 aliphatic heterocycles. The van der Waals surface area contributed by atoms with Gasteiger partial charge in [0.15, 0.2) is 11.5 Å². The fourth-order valence-corrected chi connectivity index (χ4v) is 3.34. The lowest BCUT2D eigenvalue weighted by atomic mass is 10.1. The molecule has 0 aliphatic rings. The van der Waals surface area contributed by atoms with Gasteiger partial charge >= 0.3 is 0 Å². The summed E-state index contributed by atoms with van der Waals surface area (Å²) in [5, 5.41) is 4.78. The van der Waals surface area contributed by atoms with Crippen molar-refractivity contribution in [1.29, 1.82) is 0 Å². The fourth-order valence-electron chi connectivity index (χ4n) is 3.21. The van der Waals surface area contributed by atoms with Crippen molar-refractivity contribution in [3.05, 3.63) is 58.6 Å². The van der Waals surface area contributed by atoms with Gasteiger partial charge in [-0.25, -0.2) is 5.43 Å². The zero-order valence-electron chi connectivity index (χ0n) is 19.2. The molecule has 0 atom stereocenters. The summed E-state index contributed by atoms with van der Waals surface area (Å²) in [6.07, 6.45) is 10.4. The Hall–Kier alpha value is -2.53. The van der Waals surface area contributed by atoms with Crippen molar-refractivity contribution in [2.45, 2.75) is 71.8 Å². The number of hydrogen-bond donors (Lipinski definition) is 1. The molecule has 2 rings (SSSR count). The first-order valence-electron chi connectivity index (χ1n) is 11.6. The van der Waals surface area contributed by atoms with Crippen LogP contribution in [-0.2, 0) is 11.4 Å². The predicted octanol–water partition coefficient (Wildman–Crippen LogP) is 6.91. The maximum atomic E-state index is 12.0. The molecule has 2 aromatic rings. The minimum atomic E-state index is -0.0530. The number of amides is 1. The van der Waals surface area contributed by atoms with Crippen LogP contribution in [0.1, 0.15) is 76.3 Å². The van der Waals surface area contributed by atoms with Gasteiger partial charge in [-0.2, -0.15) is 5.10 Å². The number of halogens is 1. The van der Waals surface area contributed by atoms with Gasteiger partial charge < -0.3 is 9.47 Å². The highest BCUT2D eigenvalue weighted by Gasteiger charge is 2.07. The summed E-state index contributed by atoms with van der Waals surface area (Å²) in [5.41, 5.74) is 4.45. The second-order valence-corrected chi connectivity index (χ2v) is 8.16. The van der Waals surface area contributed by atoms with Gasteiger partial charge in [-0.3, -0.25) is 4.79 Å². The number of rotatable bonds is 15. The third kappa shape index (κ3) is 10.2. The molecule has 0 radical (unpaired) electrons. The molecule has 0 heterocycles. The minimum Gasteiger partial charge on any atom is -0.490 e. The monoisotopic (exact) mass is 458 g/mol. The Balaban J connectivity index is 1.79. The van der Waals surface area contributed by atoms with Crippen LogP contribution >= 0.6 is 11.6 Å². The fraction of sp³-hybridized carbons (Fsp3) is 0.462. The molecule has 0 unspecified atom stereocenters. The molecule has 0 fully saturated rings. The number of carbonyl (C=O) groups is 1. The predicted molar refractivity (Wildman–Crippen MR) is 132 cm³/mol. The largest absolute Gasteiger partial charge is 0.490 e. The number of nitrogens with one attached hydrogen (secondary N) is 1. The van der Waals surface area contributed by atoms with Crippen molar-refractivity contribution in [1.82, 2.24) is 5.43 Å². The van der Waals surface area contributed by atoms with E-state index in [0.717, 1.165) is 24.0 Å². The Morgan fingerprint density at radius 2 is 1.66 bits per heavy atom. The van der Waals surface area contributed by atoms with Crippen LogP contribution in [0.5, 0.6) is 11.5 Å². The Labute approximate surface area is 197 Å². The molecular weight excluding hydrogens is 424 g/mol. The molecule has 174 valence electrons. The molecule has 0 saturated carbocycles. The topological polar surface area (TPSA) is 59.9 Å². The number of hydrogen-bond acceptors (Lipinski definition) is 4. The average Bonchev–Trinajstić information content (AvgIpc) is 2.79. The van der Waals surface area contributed by atoms with Crippen LogP contribution in [0.2, 0.25) is 5.02 Å². The Morgan fingerprint density at radius 3 is 2.38 bits per heavy atom. The molecule has 0 aromatic heterocycles. The van der Waals surface area contributed by atoms with E-state index in [2.05, 4.69) is 17.5 Å². The summed E-state index contributed by atoms with van der Waals surface area (Å²) in [4.78, 5) is 12.0. The van der Waals surface area contributed by atoms with Crippen LogP contribution in [-0.4, -0.2) is 18.7 Å². The van der Waals surface area contributed by atoms with Crippen LogP contribution in [0.4, 0.5) is 0 Å². The number of hydrazone groups is 1. The summed E-state index contributed by atoms with van der Waals surface area (Å²) in [6, 6.07) is 13.1. The zero-order chi connectivity index (χ0) is 23.0. The molecular formula is C26H35ClN2O3. The quantitative estimate of drug-likeness (QED) is 0.179. The lowest BCUT2D eigenvalue weighted by molar-refractivity contribution is -0.121. The standard InChI is InChI=1S/C26H35ClN2O3/c1-3-5-6-7-8-9-10-11-26(30)29-28-19-22-14-17-24(25(18-22)31-4-2)32-20-21-12-15-23(27)16-13-21/h12-19H,3-11,20H2,1-2H3,(H,29,30)/b28-19+. The van der Waals surface area contributed by atoms with E-state index in [9.17, 15) is 4.79 Å². The third-order valence-corrected chi connectivity index (χ3v) is 5.24. The molecule has 0 spiro atoms. The van der Waals surface area contributed by atoms with Crippen molar-refractivity contribution in [2.75, 3.05) is 6.61 Å². The van der Waals surface area contributed by atoms with Crippen molar-refractivity contribution >= 4 is 23.7 Å². The van der Waals surface area contributed by atoms with Crippen molar-refractivity contribution in [3.8, 4) is 11.5 Å². The first-order valence-corrected chi connectivity index (χ1v) is 12.0.